The molecule has 3 aromatic rings. The minimum absolute atomic E-state index is 0.125. The number of carbonyl (C=O) groups excluding carboxylic acids is 1. The molecule has 0 bridgehead atoms. The number of hydrogen-bond donors (Lipinski definition) is 2. The third-order valence-electron chi connectivity index (χ3n) is 4.68. The van der Waals surface area contributed by atoms with Crippen molar-refractivity contribution < 1.29 is 24.1 Å². The molecule has 0 aliphatic heterocycles. The molecule has 0 saturated carbocycles. The summed E-state index contributed by atoms with van der Waals surface area (Å²) in [5.41, 5.74) is 3.22. The standard InChI is InChI=1S/C26H25NO5/c1-30-24-16-19(17-25(31-2)26(24)32-3)8-7-18-5-4-6-21(15-18)27-14-13-23(29)20-9-11-22(28)12-10-20/h4-17,27-28H,1-3H3/b8-7?,14-13-. The molecule has 3 rings (SSSR count). The zero-order valence-corrected chi connectivity index (χ0v) is 18.2. The number of allylic oxidation sites excluding steroid dienone is 1. The number of phenolic OH excluding ortho intramolecular Hbond substituents is 1. The van der Waals surface area contributed by atoms with Crippen molar-refractivity contribution in [2.45, 2.75) is 0 Å². The van der Waals surface area contributed by atoms with Crippen molar-refractivity contribution in [3.05, 3.63) is 89.6 Å². The van der Waals surface area contributed by atoms with Gasteiger partial charge in [-0.05, 0) is 59.7 Å². The van der Waals surface area contributed by atoms with E-state index in [1.165, 1.54) is 18.2 Å². The Morgan fingerprint density at radius 3 is 2.12 bits per heavy atom. The second kappa shape index (κ2) is 10.7. The van der Waals surface area contributed by atoms with Crippen LogP contribution in [0.25, 0.3) is 12.2 Å². The highest BCUT2D eigenvalue weighted by atomic mass is 16.5. The molecule has 6 heteroatoms. The van der Waals surface area contributed by atoms with Crippen LogP contribution in [0.2, 0.25) is 0 Å². The molecule has 0 heterocycles. The van der Waals surface area contributed by atoms with Crippen LogP contribution in [-0.2, 0) is 0 Å². The van der Waals surface area contributed by atoms with Gasteiger partial charge >= 0.3 is 0 Å². The van der Waals surface area contributed by atoms with Crippen molar-refractivity contribution in [3.63, 3.8) is 0 Å². The number of phenols is 1. The van der Waals surface area contributed by atoms with Gasteiger partial charge in [0.2, 0.25) is 5.75 Å². The van der Waals surface area contributed by atoms with Crippen molar-refractivity contribution in [3.8, 4) is 23.0 Å². The SMILES string of the molecule is COc1cc(C=Cc2cccc(N/C=C\C(=O)c3ccc(O)cc3)c2)cc(OC)c1OC. The van der Waals surface area contributed by atoms with Gasteiger partial charge in [-0.15, -0.1) is 0 Å². The molecule has 0 aliphatic carbocycles. The van der Waals surface area contributed by atoms with Gasteiger partial charge in [-0.2, -0.15) is 0 Å². The van der Waals surface area contributed by atoms with Crippen LogP contribution < -0.4 is 19.5 Å². The summed E-state index contributed by atoms with van der Waals surface area (Å²) >= 11 is 0. The van der Waals surface area contributed by atoms with Crippen LogP contribution in [0.1, 0.15) is 21.5 Å². The molecule has 0 atom stereocenters. The van der Waals surface area contributed by atoms with Crippen LogP contribution in [0.4, 0.5) is 5.69 Å². The van der Waals surface area contributed by atoms with Crippen LogP contribution in [0.3, 0.4) is 0 Å². The number of methoxy groups -OCH3 is 3. The molecule has 0 unspecified atom stereocenters. The highest BCUT2D eigenvalue weighted by Crippen LogP contribution is 2.38. The lowest BCUT2D eigenvalue weighted by Crippen LogP contribution is -1.96. The Labute approximate surface area is 187 Å². The Kier molecular flexibility index (Phi) is 7.54. The van der Waals surface area contributed by atoms with Crippen LogP contribution in [-0.4, -0.2) is 32.2 Å². The van der Waals surface area contributed by atoms with E-state index >= 15 is 0 Å². The van der Waals surface area contributed by atoms with E-state index in [4.69, 9.17) is 14.2 Å². The van der Waals surface area contributed by atoms with Crippen molar-refractivity contribution in [1.29, 1.82) is 0 Å². The number of anilines is 1. The number of nitrogens with one attached hydrogen (secondary N) is 1. The minimum atomic E-state index is -0.157. The molecule has 0 saturated heterocycles. The molecule has 32 heavy (non-hydrogen) atoms. The quantitative estimate of drug-likeness (QED) is 0.268. The number of hydrogen-bond acceptors (Lipinski definition) is 6. The summed E-state index contributed by atoms with van der Waals surface area (Å²) in [5, 5.41) is 12.4. The first-order chi connectivity index (χ1) is 15.5. The second-order valence-corrected chi connectivity index (χ2v) is 6.81. The zero-order chi connectivity index (χ0) is 22.9. The fourth-order valence-electron chi connectivity index (χ4n) is 3.06. The number of aromatic hydroxyl groups is 1. The van der Waals surface area contributed by atoms with Crippen LogP contribution in [0, 0.1) is 0 Å². The summed E-state index contributed by atoms with van der Waals surface area (Å²) < 4.78 is 16.1. The van der Waals surface area contributed by atoms with Crippen molar-refractivity contribution >= 4 is 23.6 Å². The van der Waals surface area contributed by atoms with Gasteiger partial charge in [-0.25, -0.2) is 0 Å². The van der Waals surface area contributed by atoms with Gasteiger partial charge in [-0.1, -0.05) is 24.3 Å². The number of ether oxygens (including phenoxy) is 3. The fourth-order valence-corrected chi connectivity index (χ4v) is 3.06. The summed E-state index contributed by atoms with van der Waals surface area (Å²) in [5.74, 6) is 1.69. The smallest absolute Gasteiger partial charge is 0.203 e. The molecule has 3 aromatic carbocycles. The summed E-state index contributed by atoms with van der Waals surface area (Å²) in [6.07, 6.45) is 6.97. The average molecular weight is 431 g/mol. The molecule has 0 amide bonds. The van der Waals surface area contributed by atoms with E-state index in [-0.39, 0.29) is 11.5 Å². The van der Waals surface area contributed by atoms with E-state index < -0.39 is 0 Å². The molecule has 0 aromatic heterocycles. The molecule has 0 aliphatic rings. The Balaban J connectivity index is 1.70. The molecular formula is C26H25NO5. The lowest BCUT2D eigenvalue weighted by Gasteiger charge is -2.12. The summed E-state index contributed by atoms with van der Waals surface area (Å²) in [4.78, 5) is 12.2. The molecule has 0 radical (unpaired) electrons. The molecule has 0 fully saturated rings. The number of rotatable bonds is 9. The van der Waals surface area contributed by atoms with Gasteiger partial charge in [0, 0.05) is 23.5 Å². The van der Waals surface area contributed by atoms with E-state index in [1.54, 1.807) is 39.7 Å². The van der Waals surface area contributed by atoms with Gasteiger partial charge < -0.3 is 24.6 Å². The van der Waals surface area contributed by atoms with E-state index in [0.717, 1.165) is 16.8 Å². The van der Waals surface area contributed by atoms with Gasteiger partial charge in [-0.3, -0.25) is 4.79 Å². The van der Waals surface area contributed by atoms with Crippen LogP contribution in [0.15, 0.2) is 72.9 Å². The lowest BCUT2D eigenvalue weighted by atomic mass is 10.1. The van der Waals surface area contributed by atoms with E-state index in [0.29, 0.717) is 22.8 Å². The second-order valence-electron chi connectivity index (χ2n) is 6.81. The maximum absolute atomic E-state index is 12.2. The summed E-state index contributed by atoms with van der Waals surface area (Å²) in [7, 11) is 4.74. The van der Waals surface area contributed by atoms with E-state index in [9.17, 15) is 9.90 Å². The molecule has 164 valence electrons. The van der Waals surface area contributed by atoms with Crippen molar-refractivity contribution in [1.82, 2.24) is 0 Å². The monoisotopic (exact) mass is 431 g/mol. The molecule has 0 spiro atoms. The topological polar surface area (TPSA) is 77.0 Å². The zero-order valence-electron chi connectivity index (χ0n) is 18.2. The first-order valence-corrected chi connectivity index (χ1v) is 9.88. The summed E-state index contributed by atoms with van der Waals surface area (Å²) in [6.45, 7) is 0. The third-order valence-corrected chi connectivity index (χ3v) is 4.68. The number of ketones is 1. The highest BCUT2D eigenvalue weighted by Gasteiger charge is 2.12. The lowest BCUT2D eigenvalue weighted by molar-refractivity contribution is 0.104. The maximum Gasteiger partial charge on any atom is 0.203 e. The first-order valence-electron chi connectivity index (χ1n) is 9.88. The maximum atomic E-state index is 12.2. The highest BCUT2D eigenvalue weighted by molar-refractivity contribution is 6.04. The number of benzene rings is 3. The predicted octanol–water partition coefficient (Wildman–Crippen LogP) is 5.40. The van der Waals surface area contributed by atoms with Crippen molar-refractivity contribution in [2.24, 2.45) is 0 Å². The number of carbonyl (C=O) groups is 1. The van der Waals surface area contributed by atoms with Gasteiger partial charge in [0.05, 0.1) is 21.3 Å². The Hall–Kier alpha value is -4.19. The fraction of sp³-hybridized carbons (Fsp3) is 0.115. The minimum Gasteiger partial charge on any atom is -0.508 e. The Morgan fingerprint density at radius 1 is 0.844 bits per heavy atom. The average Bonchev–Trinajstić information content (AvgIpc) is 2.82. The van der Waals surface area contributed by atoms with E-state index in [2.05, 4.69) is 5.32 Å². The van der Waals surface area contributed by atoms with Crippen LogP contribution in [0.5, 0.6) is 23.0 Å². The van der Waals surface area contributed by atoms with Crippen LogP contribution >= 0.6 is 0 Å². The Morgan fingerprint density at radius 2 is 1.50 bits per heavy atom. The Bertz CT molecular complexity index is 1110. The van der Waals surface area contributed by atoms with Gasteiger partial charge in [0.1, 0.15) is 5.75 Å². The molecular weight excluding hydrogens is 406 g/mol. The summed E-state index contributed by atoms with van der Waals surface area (Å²) in [6, 6.07) is 17.6. The van der Waals surface area contributed by atoms with Crippen molar-refractivity contribution in [2.75, 3.05) is 26.6 Å². The molecule has 6 nitrogen and oxygen atoms in total. The first kappa shape index (κ1) is 22.5. The largest absolute Gasteiger partial charge is 0.508 e. The normalized spacial score (nSPS) is 11.0. The predicted molar refractivity (Wildman–Crippen MR) is 127 cm³/mol. The van der Waals surface area contributed by atoms with Gasteiger partial charge in [0.25, 0.3) is 0 Å². The third kappa shape index (κ3) is 5.70. The van der Waals surface area contributed by atoms with Gasteiger partial charge in [0.15, 0.2) is 17.3 Å². The van der Waals surface area contributed by atoms with E-state index in [1.807, 2.05) is 48.6 Å². The molecule has 2 N–H and O–H groups in total.